The normalized spacial score (nSPS) is 11.6. The molecule has 1 heterocycles. The number of hydrogen-bond donors (Lipinski definition) is 0. The third kappa shape index (κ3) is 2.88. The number of benzene rings is 1. The Balaban J connectivity index is 2.22. The van der Waals surface area contributed by atoms with E-state index in [1.54, 1.807) is 7.11 Å². The molecule has 0 atom stereocenters. The standard InChI is InChI=1S/C14H20NO2S/c1-16-11-17-9-8-12-10-15(18(2)3)14-7-5-4-6-13(12)14/h4-7,10H,8-9,11H2,1-3H3/q+1. The van der Waals surface area contributed by atoms with E-state index in [-0.39, 0.29) is 11.1 Å². The number of methoxy groups -OCH3 is 1. The van der Waals surface area contributed by atoms with Crippen LogP contribution in [-0.2, 0) is 27.0 Å². The quantitative estimate of drug-likeness (QED) is 0.455. The Morgan fingerprint density at radius 3 is 2.72 bits per heavy atom. The van der Waals surface area contributed by atoms with E-state index in [0.717, 1.165) is 6.42 Å². The van der Waals surface area contributed by atoms with Crippen molar-refractivity contribution in [3.8, 4) is 0 Å². The molecule has 0 radical (unpaired) electrons. The van der Waals surface area contributed by atoms with E-state index in [1.807, 2.05) is 0 Å². The van der Waals surface area contributed by atoms with Gasteiger partial charge in [-0.2, -0.15) is 3.97 Å². The predicted octanol–water partition coefficient (Wildman–Crippen LogP) is 2.45. The van der Waals surface area contributed by atoms with Gasteiger partial charge < -0.3 is 9.47 Å². The van der Waals surface area contributed by atoms with Gasteiger partial charge in [0.2, 0.25) is 0 Å². The zero-order valence-corrected chi connectivity index (χ0v) is 12.0. The Hall–Kier alpha value is -0.970. The third-order valence-electron chi connectivity index (χ3n) is 2.87. The topological polar surface area (TPSA) is 23.4 Å². The summed E-state index contributed by atoms with van der Waals surface area (Å²) in [4.78, 5) is 0. The summed E-state index contributed by atoms with van der Waals surface area (Å²) in [5.74, 6) is 0. The van der Waals surface area contributed by atoms with Crippen LogP contribution in [0.4, 0.5) is 0 Å². The van der Waals surface area contributed by atoms with E-state index in [2.05, 4.69) is 46.9 Å². The lowest BCUT2D eigenvalue weighted by Gasteiger charge is -2.01. The first-order chi connectivity index (χ1) is 8.74. The van der Waals surface area contributed by atoms with Crippen molar-refractivity contribution in [2.75, 3.05) is 33.0 Å². The molecule has 0 spiro atoms. The zero-order chi connectivity index (χ0) is 13.0. The van der Waals surface area contributed by atoms with E-state index < -0.39 is 0 Å². The summed E-state index contributed by atoms with van der Waals surface area (Å²) in [6, 6.07) is 8.55. The molecule has 0 unspecified atom stereocenters. The maximum Gasteiger partial charge on any atom is 0.146 e. The van der Waals surface area contributed by atoms with Crippen molar-refractivity contribution in [1.29, 1.82) is 0 Å². The lowest BCUT2D eigenvalue weighted by Crippen LogP contribution is -2.07. The average Bonchev–Trinajstić information content (AvgIpc) is 2.74. The van der Waals surface area contributed by atoms with Crippen LogP contribution in [0.15, 0.2) is 30.5 Å². The number of aromatic nitrogens is 1. The summed E-state index contributed by atoms with van der Waals surface area (Å²) in [5.41, 5.74) is 2.66. The molecule has 1 aromatic carbocycles. The minimum absolute atomic E-state index is 0.210. The molecule has 0 N–H and O–H groups in total. The van der Waals surface area contributed by atoms with Gasteiger partial charge in [-0.25, -0.2) is 0 Å². The summed E-state index contributed by atoms with van der Waals surface area (Å²) in [6.07, 6.45) is 7.65. The van der Waals surface area contributed by atoms with Gasteiger partial charge in [0, 0.05) is 12.5 Å². The monoisotopic (exact) mass is 266 g/mol. The largest absolute Gasteiger partial charge is 0.359 e. The summed E-state index contributed by atoms with van der Waals surface area (Å²) in [5, 5.41) is 1.33. The molecule has 0 bridgehead atoms. The van der Waals surface area contributed by atoms with E-state index in [9.17, 15) is 0 Å². The SMILES string of the molecule is COCOCCc1cn([S+](C)C)c2ccccc12. The molecule has 2 aromatic rings. The highest BCUT2D eigenvalue weighted by molar-refractivity contribution is 7.94. The van der Waals surface area contributed by atoms with Gasteiger partial charge in [0.15, 0.2) is 0 Å². The second-order valence-electron chi connectivity index (χ2n) is 4.34. The summed E-state index contributed by atoms with van der Waals surface area (Å²) in [6.45, 7) is 1.06. The Morgan fingerprint density at radius 2 is 2.00 bits per heavy atom. The smallest absolute Gasteiger partial charge is 0.146 e. The molecule has 0 saturated carbocycles. The van der Waals surface area contributed by atoms with Crippen molar-refractivity contribution in [1.82, 2.24) is 3.97 Å². The van der Waals surface area contributed by atoms with E-state index >= 15 is 0 Å². The van der Waals surface area contributed by atoms with Crippen molar-refractivity contribution in [3.05, 3.63) is 36.0 Å². The van der Waals surface area contributed by atoms with Crippen molar-refractivity contribution < 1.29 is 9.47 Å². The number of rotatable bonds is 6. The third-order valence-corrected chi connectivity index (χ3v) is 3.96. The number of hydrogen-bond acceptors (Lipinski definition) is 2. The van der Waals surface area contributed by atoms with Gasteiger partial charge in [-0.15, -0.1) is 0 Å². The van der Waals surface area contributed by atoms with Gasteiger partial charge in [0.05, 0.1) is 29.4 Å². The summed E-state index contributed by atoms with van der Waals surface area (Å²) < 4.78 is 12.6. The fourth-order valence-corrected chi connectivity index (χ4v) is 2.93. The van der Waals surface area contributed by atoms with Gasteiger partial charge in [-0.05, 0) is 18.1 Å². The number of ether oxygens (including phenoxy) is 2. The van der Waals surface area contributed by atoms with Gasteiger partial charge in [0.25, 0.3) is 0 Å². The number of nitrogens with zero attached hydrogens (tertiary/aromatic N) is 1. The summed E-state index contributed by atoms with van der Waals surface area (Å²) in [7, 11) is 1.64. The maximum atomic E-state index is 5.38. The van der Waals surface area contributed by atoms with Crippen LogP contribution in [0.3, 0.4) is 0 Å². The Bertz CT molecular complexity index is 507. The van der Waals surface area contributed by atoms with Crippen LogP contribution in [0.1, 0.15) is 5.56 Å². The minimum atomic E-state index is 0.210. The molecule has 0 amide bonds. The fraction of sp³-hybridized carbons (Fsp3) is 0.429. The Morgan fingerprint density at radius 1 is 1.22 bits per heavy atom. The lowest BCUT2D eigenvalue weighted by molar-refractivity contribution is -0.0290. The second-order valence-corrected chi connectivity index (χ2v) is 6.28. The number of para-hydroxylation sites is 1. The van der Waals surface area contributed by atoms with Crippen LogP contribution in [0.2, 0.25) is 0 Å². The minimum Gasteiger partial charge on any atom is -0.359 e. The zero-order valence-electron chi connectivity index (χ0n) is 11.2. The van der Waals surface area contributed by atoms with Crippen LogP contribution in [0, 0.1) is 0 Å². The molecule has 4 heteroatoms. The van der Waals surface area contributed by atoms with Crippen LogP contribution in [-0.4, -0.2) is 37.0 Å². The van der Waals surface area contributed by atoms with Crippen LogP contribution < -0.4 is 0 Å². The molecular weight excluding hydrogens is 246 g/mol. The van der Waals surface area contributed by atoms with Crippen LogP contribution in [0.5, 0.6) is 0 Å². The Labute approximate surface area is 111 Å². The molecule has 1 aromatic heterocycles. The molecule has 0 aliphatic carbocycles. The van der Waals surface area contributed by atoms with E-state index in [1.165, 1.54) is 16.5 Å². The number of fused-ring (bicyclic) bond motifs is 1. The van der Waals surface area contributed by atoms with Gasteiger partial charge >= 0.3 is 0 Å². The first-order valence-electron chi connectivity index (χ1n) is 5.97. The molecule has 18 heavy (non-hydrogen) atoms. The second kappa shape index (κ2) is 6.27. The first-order valence-corrected chi connectivity index (χ1v) is 7.97. The van der Waals surface area contributed by atoms with Gasteiger partial charge in [-0.3, -0.25) is 0 Å². The maximum absolute atomic E-state index is 5.38. The predicted molar refractivity (Wildman–Crippen MR) is 78.1 cm³/mol. The summed E-state index contributed by atoms with van der Waals surface area (Å²) >= 11 is 0.210. The van der Waals surface area contributed by atoms with Crippen molar-refractivity contribution in [2.45, 2.75) is 6.42 Å². The van der Waals surface area contributed by atoms with Crippen LogP contribution >= 0.6 is 0 Å². The van der Waals surface area contributed by atoms with E-state index in [4.69, 9.17) is 9.47 Å². The highest BCUT2D eigenvalue weighted by Crippen LogP contribution is 2.23. The first kappa shape index (κ1) is 13.5. The highest BCUT2D eigenvalue weighted by atomic mass is 32.2. The van der Waals surface area contributed by atoms with Gasteiger partial charge in [-0.1, -0.05) is 18.2 Å². The molecule has 0 saturated heterocycles. The molecule has 2 rings (SSSR count). The molecule has 0 aliphatic rings. The molecule has 0 fully saturated rings. The molecule has 3 nitrogen and oxygen atoms in total. The molecule has 0 aliphatic heterocycles. The highest BCUT2D eigenvalue weighted by Gasteiger charge is 2.15. The molecular formula is C14H20NO2S+. The van der Waals surface area contributed by atoms with Crippen molar-refractivity contribution in [2.24, 2.45) is 0 Å². The lowest BCUT2D eigenvalue weighted by atomic mass is 10.1. The molecule has 98 valence electrons. The van der Waals surface area contributed by atoms with Crippen molar-refractivity contribution >= 4 is 22.0 Å². The Kier molecular flexibility index (Phi) is 4.69. The van der Waals surface area contributed by atoms with Gasteiger partial charge in [0.1, 0.15) is 19.3 Å². The van der Waals surface area contributed by atoms with Crippen molar-refractivity contribution in [3.63, 3.8) is 0 Å². The fourth-order valence-electron chi connectivity index (χ4n) is 2.04. The average molecular weight is 266 g/mol. The van der Waals surface area contributed by atoms with Crippen LogP contribution in [0.25, 0.3) is 10.9 Å². The van der Waals surface area contributed by atoms with E-state index in [0.29, 0.717) is 13.4 Å².